The topological polar surface area (TPSA) is 95.4 Å². The Kier molecular flexibility index (Phi) is 3.98. The molecule has 22 heavy (non-hydrogen) atoms. The highest BCUT2D eigenvalue weighted by atomic mass is 16.6. The summed E-state index contributed by atoms with van der Waals surface area (Å²) in [7, 11) is 0. The lowest BCUT2D eigenvalue weighted by Gasteiger charge is -2.23. The molecular weight excluding hydrogens is 284 g/mol. The number of rotatable bonds is 3. The molecule has 1 amide bonds. The average Bonchev–Trinajstić information content (AvgIpc) is 2.81. The molecular formula is C15H16N4O3. The van der Waals surface area contributed by atoms with E-state index in [9.17, 15) is 9.59 Å². The van der Waals surface area contributed by atoms with E-state index in [0.717, 1.165) is 18.4 Å². The maximum atomic E-state index is 12.8. The quantitative estimate of drug-likeness (QED) is 0.371. The van der Waals surface area contributed by atoms with Gasteiger partial charge in [-0.1, -0.05) is 29.4 Å². The van der Waals surface area contributed by atoms with E-state index in [1.165, 1.54) is 4.90 Å². The van der Waals surface area contributed by atoms with Crippen molar-refractivity contribution in [1.82, 2.24) is 4.90 Å². The molecule has 0 aromatic heterocycles. The van der Waals surface area contributed by atoms with Crippen molar-refractivity contribution in [2.24, 2.45) is 5.11 Å². The van der Waals surface area contributed by atoms with E-state index in [0.29, 0.717) is 12.0 Å². The minimum absolute atomic E-state index is 0.0329. The Bertz CT molecular complexity index is 654. The Morgan fingerprint density at radius 3 is 3.00 bits per heavy atom. The highest BCUT2D eigenvalue weighted by Crippen LogP contribution is 2.26. The smallest absolute Gasteiger partial charge is 0.410 e. The van der Waals surface area contributed by atoms with Crippen LogP contribution < -0.4 is 0 Å². The fourth-order valence-corrected chi connectivity index (χ4v) is 3.09. The van der Waals surface area contributed by atoms with Crippen LogP contribution in [0, 0.1) is 0 Å². The van der Waals surface area contributed by atoms with Crippen LogP contribution in [0.5, 0.6) is 0 Å². The maximum absolute atomic E-state index is 12.8. The molecule has 0 spiro atoms. The monoisotopic (exact) mass is 300 g/mol. The molecule has 1 heterocycles. The molecule has 114 valence electrons. The lowest BCUT2D eigenvalue weighted by molar-refractivity contribution is 0.0844. The molecule has 0 saturated carbocycles. The van der Waals surface area contributed by atoms with Crippen LogP contribution >= 0.6 is 0 Å². The number of ether oxygens (including phenoxy) is 1. The number of amides is 1. The number of carbonyl (C=O) groups is 2. The second-order valence-electron chi connectivity index (χ2n) is 5.50. The van der Waals surface area contributed by atoms with E-state index in [1.807, 2.05) is 24.3 Å². The first-order valence-electron chi connectivity index (χ1n) is 7.31. The SMILES string of the molecule is [N-]=[N+]=NC[C@H]1CN(C2CCCc3ccccc3C2=O)C(=O)O1. The normalized spacial score (nSPS) is 24.3. The van der Waals surface area contributed by atoms with Gasteiger partial charge in [0.2, 0.25) is 0 Å². The Labute approximate surface area is 127 Å². The first-order chi connectivity index (χ1) is 10.7. The van der Waals surface area contributed by atoms with E-state index in [2.05, 4.69) is 10.0 Å². The minimum atomic E-state index is -0.504. The second kappa shape index (κ2) is 6.07. The van der Waals surface area contributed by atoms with Crippen molar-refractivity contribution in [2.45, 2.75) is 31.4 Å². The summed E-state index contributed by atoms with van der Waals surface area (Å²) in [6.45, 7) is 0.382. The zero-order valence-electron chi connectivity index (χ0n) is 12.0. The van der Waals surface area contributed by atoms with Gasteiger partial charge in [0, 0.05) is 10.5 Å². The van der Waals surface area contributed by atoms with Gasteiger partial charge in [0.25, 0.3) is 0 Å². The van der Waals surface area contributed by atoms with Gasteiger partial charge in [0.1, 0.15) is 6.10 Å². The number of nitrogens with zero attached hydrogens (tertiary/aromatic N) is 4. The molecule has 1 aromatic carbocycles. The van der Waals surface area contributed by atoms with Crippen LogP contribution in [0.2, 0.25) is 0 Å². The highest BCUT2D eigenvalue weighted by molar-refractivity contribution is 6.03. The minimum Gasteiger partial charge on any atom is -0.444 e. The molecule has 1 saturated heterocycles. The van der Waals surface area contributed by atoms with Crippen molar-refractivity contribution in [3.8, 4) is 0 Å². The number of fused-ring (bicyclic) bond motifs is 1. The van der Waals surface area contributed by atoms with Gasteiger partial charge in [0.05, 0.1) is 19.1 Å². The van der Waals surface area contributed by atoms with Crippen molar-refractivity contribution in [1.29, 1.82) is 0 Å². The van der Waals surface area contributed by atoms with Crippen molar-refractivity contribution in [3.63, 3.8) is 0 Å². The van der Waals surface area contributed by atoms with Crippen LogP contribution in [0.3, 0.4) is 0 Å². The molecule has 3 rings (SSSR count). The molecule has 1 fully saturated rings. The van der Waals surface area contributed by atoms with Crippen molar-refractivity contribution >= 4 is 11.9 Å². The van der Waals surface area contributed by atoms with Crippen LogP contribution in [-0.2, 0) is 11.2 Å². The molecule has 2 aliphatic rings. The maximum Gasteiger partial charge on any atom is 0.410 e. The van der Waals surface area contributed by atoms with Gasteiger partial charge in [-0.15, -0.1) is 0 Å². The molecule has 0 radical (unpaired) electrons. The summed E-state index contributed by atoms with van der Waals surface area (Å²) in [5.41, 5.74) is 10.1. The summed E-state index contributed by atoms with van der Waals surface area (Å²) in [5.74, 6) is -0.0329. The second-order valence-corrected chi connectivity index (χ2v) is 5.50. The molecule has 1 aliphatic heterocycles. The number of benzene rings is 1. The number of hydrogen-bond acceptors (Lipinski definition) is 4. The summed E-state index contributed by atoms with van der Waals surface area (Å²) < 4.78 is 5.18. The van der Waals surface area contributed by atoms with Crippen LogP contribution in [0.25, 0.3) is 10.4 Å². The number of cyclic esters (lactones) is 1. The summed E-state index contributed by atoms with van der Waals surface area (Å²) in [6.07, 6.45) is 1.32. The molecule has 0 N–H and O–H groups in total. The standard InChI is InChI=1S/C15H16N4O3/c16-18-17-8-11-9-19(15(21)22-11)13-7-3-5-10-4-1-2-6-12(10)14(13)20/h1-2,4,6,11,13H,3,5,7-9H2/t11-,13?/m0/s1. The largest absolute Gasteiger partial charge is 0.444 e. The number of Topliss-reactive ketones (excluding diaryl/α,β-unsaturated/α-hetero) is 1. The fourth-order valence-electron chi connectivity index (χ4n) is 3.09. The van der Waals surface area contributed by atoms with Gasteiger partial charge in [0.15, 0.2) is 5.78 Å². The number of carbonyl (C=O) groups excluding carboxylic acids is 2. The Morgan fingerprint density at radius 2 is 2.18 bits per heavy atom. The third-order valence-corrected chi connectivity index (χ3v) is 4.14. The average molecular weight is 300 g/mol. The third-order valence-electron chi connectivity index (χ3n) is 4.14. The fraction of sp³-hybridized carbons (Fsp3) is 0.467. The zero-order valence-corrected chi connectivity index (χ0v) is 12.0. The number of aryl methyl sites for hydroxylation is 1. The van der Waals surface area contributed by atoms with Crippen molar-refractivity contribution < 1.29 is 14.3 Å². The molecule has 1 unspecified atom stereocenters. The zero-order chi connectivity index (χ0) is 15.5. The molecule has 1 aliphatic carbocycles. The van der Waals surface area contributed by atoms with E-state index in [4.69, 9.17) is 10.3 Å². The van der Waals surface area contributed by atoms with E-state index < -0.39 is 18.2 Å². The molecule has 1 aromatic rings. The molecule has 0 bridgehead atoms. The van der Waals surface area contributed by atoms with Gasteiger partial charge >= 0.3 is 6.09 Å². The first kappa shape index (κ1) is 14.4. The number of hydrogen-bond donors (Lipinski definition) is 0. The Morgan fingerprint density at radius 1 is 1.36 bits per heavy atom. The van der Waals surface area contributed by atoms with E-state index >= 15 is 0 Å². The van der Waals surface area contributed by atoms with Crippen LogP contribution in [0.1, 0.15) is 28.8 Å². The number of azide groups is 1. The van der Waals surface area contributed by atoms with Gasteiger partial charge in [-0.25, -0.2) is 4.79 Å². The van der Waals surface area contributed by atoms with E-state index in [1.54, 1.807) is 0 Å². The van der Waals surface area contributed by atoms with Crippen molar-refractivity contribution in [3.05, 3.63) is 45.8 Å². The first-order valence-corrected chi connectivity index (χ1v) is 7.31. The third kappa shape index (κ3) is 2.63. The molecule has 7 nitrogen and oxygen atoms in total. The van der Waals surface area contributed by atoms with Gasteiger partial charge in [-0.05, 0) is 30.4 Å². The predicted molar refractivity (Wildman–Crippen MR) is 78.5 cm³/mol. The molecule has 2 atom stereocenters. The Hall–Kier alpha value is -2.53. The van der Waals surface area contributed by atoms with Gasteiger partial charge in [-0.2, -0.15) is 0 Å². The number of ketones is 1. The highest BCUT2D eigenvalue weighted by Gasteiger charge is 2.40. The van der Waals surface area contributed by atoms with Gasteiger partial charge < -0.3 is 4.74 Å². The van der Waals surface area contributed by atoms with Gasteiger partial charge in [-0.3, -0.25) is 9.69 Å². The van der Waals surface area contributed by atoms with Crippen molar-refractivity contribution in [2.75, 3.05) is 13.1 Å². The predicted octanol–water partition coefficient (Wildman–Crippen LogP) is 2.71. The Balaban J connectivity index is 1.81. The lowest BCUT2D eigenvalue weighted by atomic mass is 10.00. The summed E-state index contributed by atoms with van der Waals surface area (Å²) >= 11 is 0. The summed E-state index contributed by atoms with van der Waals surface area (Å²) in [4.78, 5) is 28.9. The van der Waals surface area contributed by atoms with Crippen LogP contribution in [0.4, 0.5) is 4.79 Å². The summed E-state index contributed by atoms with van der Waals surface area (Å²) in [6, 6.07) is 7.04. The van der Waals surface area contributed by atoms with Crippen LogP contribution in [-0.4, -0.2) is 42.0 Å². The molecule has 7 heteroatoms. The summed E-state index contributed by atoms with van der Waals surface area (Å²) in [5, 5.41) is 3.43. The lowest BCUT2D eigenvalue weighted by Crippen LogP contribution is -2.42. The van der Waals surface area contributed by atoms with Crippen LogP contribution in [0.15, 0.2) is 29.4 Å². The van der Waals surface area contributed by atoms with E-state index in [-0.39, 0.29) is 18.9 Å².